The van der Waals surface area contributed by atoms with Crippen molar-refractivity contribution >= 4 is 76.1 Å². The van der Waals surface area contributed by atoms with Crippen LogP contribution in [-0.2, 0) is 101 Å². The third-order valence-electron chi connectivity index (χ3n) is 23.0. The van der Waals surface area contributed by atoms with Crippen molar-refractivity contribution in [3.63, 3.8) is 0 Å². The van der Waals surface area contributed by atoms with Gasteiger partial charge in [0.1, 0.15) is 78.1 Å². The van der Waals surface area contributed by atoms with Gasteiger partial charge in [0.05, 0.1) is 31.9 Å². The lowest BCUT2D eigenvalue weighted by molar-refractivity contribution is -0.344. The van der Waals surface area contributed by atoms with Gasteiger partial charge in [-0.2, -0.15) is 51.6 Å². The molecule has 0 saturated carbocycles. The summed E-state index contributed by atoms with van der Waals surface area (Å²) in [6.07, 6.45) is 4.01. The SMILES string of the molecule is CCc1ccc2c(c1)Oc1c3c4c(cc1=C2c1ccc(S(=O)(=O)O)cc1C)CCC[N+]=4CCC3.Cc1cc(S(=O)(=O)O)ccc1-c1c2ccc(=[NH2+])cc-2oc2c3c4c(cc12)CCCN4CCC3.Cc1cc(S(=O)(=O)O)ccc1C1=c2cc3c4c(c2Oc2cc(CCC(=O)OC(C)(C)C)ccc21)CCC[N+]=4CCC3.O=C([O-])C(F)(F)F.O=C([O-])C(F)(F)F. The Morgan fingerprint density at radius 3 is 1.36 bits per heavy atom. The zero-order valence-electron chi connectivity index (χ0n) is 67.9. The van der Waals surface area contributed by atoms with Crippen molar-refractivity contribution in [1.29, 1.82) is 0 Å². The molecule has 5 N–H and O–H groups in total. The minimum atomic E-state index is -5.19. The molecule has 0 aromatic heterocycles. The van der Waals surface area contributed by atoms with E-state index in [1.807, 2.05) is 84.0 Å². The van der Waals surface area contributed by atoms with Crippen molar-refractivity contribution in [2.45, 2.75) is 177 Å². The van der Waals surface area contributed by atoms with Gasteiger partial charge in [0.15, 0.2) is 5.36 Å². The number of aliphatic carboxylic acids is 2. The van der Waals surface area contributed by atoms with Gasteiger partial charge < -0.3 is 43.3 Å². The molecule has 0 radical (unpaired) electrons. The van der Waals surface area contributed by atoms with Crippen LogP contribution in [0.2, 0.25) is 0 Å². The molecule has 8 aromatic rings. The average Bonchev–Trinajstić information content (AvgIpc) is 0.731. The number of hydrogen-bond acceptors (Lipinski definition) is 16. The fourth-order valence-corrected chi connectivity index (χ4v) is 19.5. The maximum Gasteiger partial charge on any atom is 0.430 e. The Kier molecular flexibility index (Phi) is 24.0. The second kappa shape index (κ2) is 33.6. The van der Waals surface area contributed by atoms with Gasteiger partial charge in [0.2, 0.25) is 10.7 Å². The standard InChI is InChI=1S/C33H35NO6S.C28H27NO4S.C26H24N2O4S.2C2HF3O2/c1-20-17-23(41(36,37)38)11-13-24(20)30-25-12-9-21(10-14-29(35)40-33(2,3)4)18-28(25)39-32-26-8-6-16-34-15-5-7-22(31(26)34)19-27(30)32;1-3-18-8-10-22-25(15-18)33-28-23-7-5-13-29-12-4-6-19(27(23)29)16-24(28)26(22)21-11-9-20(14-17(21)2)34(30,31)32;1-15-12-18(33(29,30)31)7-9-19(15)24-20-8-6-17(27)14-23(20)32-26-21-5-3-11-28-10-2-4-16(25(21)28)13-22(24)26;2*3-2(4,5)1(6)7/h9,11-13,17-19H,5-8,10,14-16H2,1-4H3;8-11,14-16H,3-7,12-13H2,1-2H3;6-9,12-14,27H,2-5,10-11H2,1H3,(H,29,30,31);2*(H,6,7)/p+1. The molecule has 9 heterocycles. The summed E-state index contributed by atoms with van der Waals surface area (Å²) in [7, 11) is -12.9. The second-order valence-electron chi connectivity index (χ2n) is 32.5. The van der Waals surface area contributed by atoms with Crippen LogP contribution in [-0.4, -0.2) is 114 Å². The third kappa shape index (κ3) is 18.1. The van der Waals surface area contributed by atoms with E-state index >= 15 is 0 Å². The van der Waals surface area contributed by atoms with Crippen LogP contribution >= 0.6 is 0 Å². The summed E-state index contributed by atoms with van der Waals surface area (Å²) in [6.45, 7) is 19.8. The van der Waals surface area contributed by atoms with Crippen LogP contribution in [0.5, 0.6) is 23.0 Å². The maximum atomic E-state index is 12.4. The van der Waals surface area contributed by atoms with Crippen LogP contribution in [0.25, 0.3) is 44.6 Å². The number of nitrogens with two attached hydrogens (primary N) is 1. The van der Waals surface area contributed by atoms with Crippen LogP contribution in [0.3, 0.4) is 0 Å². The van der Waals surface area contributed by atoms with Gasteiger partial charge in [-0.25, -0.2) is 9.15 Å². The molecule has 0 unspecified atom stereocenters. The number of nitrogens with zero attached hydrogens (tertiary/aromatic N) is 3. The van der Waals surface area contributed by atoms with Gasteiger partial charge in [0.25, 0.3) is 30.4 Å². The average molecular weight is 1740 g/mol. The number of alkyl halides is 6. The highest BCUT2D eigenvalue weighted by Crippen LogP contribution is 2.49. The molecule has 18 rings (SSSR count). The Labute approximate surface area is 699 Å². The van der Waals surface area contributed by atoms with Gasteiger partial charge >= 0.3 is 18.3 Å². The number of fused-ring (bicyclic) bond motifs is 9. The van der Waals surface area contributed by atoms with E-state index in [1.54, 1.807) is 18.2 Å². The fraction of sp³-hybridized carbons (Fsp3) is 0.341. The Balaban J connectivity index is 0.000000139. The molecule has 122 heavy (non-hydrogen) atoms. The number of carbonyl (C=O) groups is 3. The highest BCUT2D eigenvalue weighted by atomic mass is 32.2. The summed E-state index contributed by atoms with van der Waals surface area (Å²) < 4.78 is 193. The third-order valence-corrected chi connectivity index (χ3v) is 25.5. The minimum Gasteiger partial charge on any atom is -0.542 e. The van der Waals surface area contributed by atoms with E-state index in [9.17, 15) is 70.0 Å². The van der Waals surface area contributed by atoms with Gasteiger partial charge in [0, 0.05) is 123 Å². The minimum absolute atomic E-state index is 0.0839. The summed E-state index contributed by atoms with van der Waals surface area (Å²) in [5.41, 5.74) is 22.7. The number of anilines is 1. The van der Waals surface area contributed by atoms with E-state index in [1.165, 1.54) is 85.7 Å². The molecule has 9 aliphatic heterocycles. The van der Waals surface area contributed by atoms with Crippen molar-refractivity contribution in [3.05, 3.63) is 237 Å². The number of aryl methyl sites for hydroxylation is 9. The number of carbonyl (C=O) groups excluding carboxylic acids is 3. The molecule has 8 aromatic carbocycles. The van der Waals surface area contributed by atoms with E-state index in [2.05, 4.69) is 57.4 Å². The topological polar surface area (TPSA) is 336 Å². The predicted octanol–water partition coefficient (Wildman–Crippen LogP) is 9.51. The maximum absolute atomic E-state index is 12.4. The van der Waals surface area contributed by atoms with E-state index in [0.717, 1.165) is 239 Å². The molecular weight excluding hydrogens is 1650 g/mol. The zero-order chi connectivity index (χ0) is 87.8. The van der Waals surface area contributed by atoms with Crippen LogP contribution < -0.4 is 65.7 Å². The largest absolute Gasteiger partial charge is 0.542 e. The first-order valence-corrected chi connectivity index (χ1v) is 44.4. The van der Waals surface area contributed by atoms with E-state index in [4.69, 9.17) is 43.8 Å². The lowest BCUT2D eigenvalue weighted by Crippen LogP contribution is -2.45. The van der Waals surface area contributed by atoms with E-state index in [-0.39, 0.29) is 27.1 Å². The Bertz CT molecular complexity index is 6680. The Morgan fingerprint density at radius 1 is 0.508 bits per heavy atom. The van der Waals surface area contributed by atoms with Gasteiger partial charge in [-0.1, -0.05) is 49.4 Å². The molecule has 22 nitrogen and oxygen atoms in total. The second-order valence-corrected chi connectivity index (χ2v) is 36.8. The molecule has 0 fully saturated rings. The molecule has 10 aliphatic rings. The van der Waals surface area contributed by atoms with Crippen LogP contribution in [0.1, 0.15) is 156 Å². The van der Waals surface area contributed by atoms with Crippen LogP contribution in [0, 0.1) is 20.8 Å². The first-order chi connectivity index (χ1) is 57.4. The van der Waals surface area contributed by atoms with Crippen LogP contribution in [0.15, 0.2) is 146 Å². The number of benzene rings is 9. The number of rotatable bonds is 10. The molecule has 640 valence electrons. The molecule has 1 aliphatic carbocycles. The van der Waals surface area contributed by atoms with Crippen molar-refractivity contribution < 1.29 is 114 Å². The monoisotopic (exact) mass is 1740 g/mol. The number of esters is 1. The number of ether oxygens (including phenoxy) is 3. The molecule has 0 bridgehead atoms. The van der Waals surface area contributed by atoms with Gasteiger partial charge in [-0.15, -0.1) is 0 Å². The number of carboxylic acid groups (broad SMARTS) is 2. The molecule has 0 atom stereocenters. The summed E-state index contributed by atoms with van der Waals surface area (Å²) >= 11 is 0. The van der Waals surface area contributed by atoms with Crippen molar-refractivity contribution in [3.8, 4) is 45.4 Å². The summed E-state index contributed by atoms with van der Waals surface area (Å²) in [5, 5.41) is 30.1. The highest BCUT2D eigenvalue weighted by Gasteiger charge is 2.37. The molecule has 0 amide bonds. The van der Waals surface area contributed by atoms with Crippen LogP contribution in [0.4, 0.5) is 32.0 Å². The molecule has 31 heteroatoms. The van der Waals surface area contributed by atoms with Gasteiger partial charge in [-0.3, -0.25) is 23.9 Å². The fourth-order valence-electron chi connectivity index (χ4n) is 17.8. The summed E-state index contributed by atoms with van der Waals surface area (Å²) in [6, 6.07) is 39.3. The summed E-state index contributed by atoms with van der Waals surface area (Å²) in [5.74, 6) is -2.17. The highest BCUT2D eigenvalue weighted by molar-refractivity contribution is 7.86. The zero-order valence-corrected chi connectivity index (χ0v) is 70.3. The molecule has 0 saturated heterocycles. The first kappa shape index (κ1) is 87.3. The Morgan fingerprint density at radius 2 is 0.918 bits per heavy atom. The van der Waals surface area contributed by atoms with Gasteiger partial charge in [-0.05, 0) is 229 Å². The van der Waals surface area contributed by atoms with E-state index in [0.29, 0.717) is 17.5 Å². The number of hydrogen-bond donors (Lipinski definition) is 4. The van der Waals surface area contributed by atoms with Crippen molar-refractivity contribution in [2.75, 3.05) is 44.2 Å². The van der Waals surface area contributed by atoms with E-state index < -0.39 is 60.2 Å². The Hall–Kier alpha value is -11.1. The van der Waals surface area contributed by atoms with Crippen molar-refractivity contribution in [2.24, 2.45) is 0 Å². The number of halogens is 6. The molecule has 0 spiro atoms. The number of carboxylic acids is 2. The first-order valence-electron chi connectivity index (χ1n) is 40.1. The van der Waals surface area contributed by atoms with Crippen molar-refractivity contribution in [1.82, 2.24) is 9.15 Å². The smallest absolute Gasteiger partial charge is 0.430 e. The lowest BCUT2D eigenvalue weighted by Gasteiger charge is -2.37. The lowest BCUT2D eigenvalue weighted by atomic mass is 9.85. The molecular formula is C91H89F6N4O18S3+. The summed E-state index contributed by atoms with van der Waals surface area (Å²) in [4.78, 5) is 32.1. The predicted molar refractivity (Wildman–Crippen MR) is 437 cm³/mol. The quantitative estimate of drug-likeness (QED) is 0.0325. The normalized spacial score (nSPS) is 15.5.